The first-order valence-electron chi connectivity index (χ1n) is 9.35. The van der Waals surface area contributed by atoms with E-state index in [0.29, 0.717) is 17.0 Å². The average Bonchev–Trinajstić information content (AvgIpc) is 2.75. The number of nitrogens with one attached hydrogen (secondary N) is 1. The molecule has 0 radical (unpaired) electrons. The Morgan fingerprint density at radius 2 is 1.46 bits per heavy atom. The zero-order chi connectivity index (χ0) is 19.9. The fraction of sp³-hybridized carbons (Fsp3) is 0.167. The molecule has 0 heterocycles. The molecule has 3 aromatic carbocycles. The number of hydrogen-bond donors (Lipinski definition) is 1. The largest absolute Gasteiger partial charge is 0.423 e. The van der Waals surface area contributed by atoms with Crippen molar-refractivity contribution in [2.75, 3.05) is 5.32 Å². The summed E-state index contributed by atoms with van der Waals surface area (Å²) >= 11 is 0. The van der Waals surface area contributed by atoms with Gasteiger partial charge >= 0.3 is 5.97 Å². The molecular formula is C24H23NO3. The lowest BCUT2D eigenvalue weighted by Gasteiger charge is -2.10. The van der Waals surface area contributed by atoms with Gasteiger partial charge in [-0.2, -0.15) is 0 Å². The predicted molar refractivity (Wildman–Crippen MR) is 111 cm³/mol. The van der Waals surface area contributed by atoms with E-state index in [0.717, 1.165) is 17.5 Å². The summed E-state index contributed by atoms with van der Waals surface area (Å²) in [4.78, 5) is 24.3. The van der Waals surface area contributed by atoms with Crippen molar-refractivity contribution in [1.29, 1.82) is 0 Å². The number of anilines is 1. The minimum atomic E-state index is -0.420. The molecule has 0 spiro atoms. The van der Waals surface area contributed by atoms with Crippen molar-refractivity contribution in [2.45, 2.75) is 20.3 Å². The summed E-state index contributed by atoms with van der Waals surface area (Å²) in [5, 5.41) is 2.85. The van der Waals surface area contributed by atoms with Crippen LogP contribution in [0.5, 0.6) is 5.75 Å². The predicted octanol–water partition coefficient (Wildman–Crippen LogP) is 5.56. The van der Waals surface area contributed by atoms with Crippen LogP contribution in [0, 0.1) is 5.92 Å². The third-order valence-corrected chi connectivity index (χ3v) is 4.62. The molecular weight excluding hydrogens is 350 g/mol. The Morgan fingerprint density at radius 3 is 2.07 bits per heavy atom. The molecule has 142 valence electrons. The molecule has 0 bridgehead atoms. The van der Waals surface area contributed by atoms with Gasteiger partial charge in [-0.25, -0.2) is 4.79 Å². The lowest BCUT2D eigenvalue weighted by atomic mass is 10.0. The fourth-order valence-corrected chi connectivity index (χ4v) is 2.65. The minimum absolute atomic E-state index is 0.0225. The number of ether oxygens (including phenoxy) is 1. The first-order chi connectivity index (χ1) is 13.6. The van der Waals surface area contributed by atoms with E-state index in [1.807, 2.05) is 56.3 Å². The van der Waals surface area contributed by atoms with E-state index in [9.17, 15) is 9.59 Å². The highest BCUT2D eigenvalue weighted by Crippen LogP contribution is 2.21. The van der Waals surface area contributed by atoms with Gasteiger partial charge in [-0.1, -0.05) is 56.3 Å². The summed E-state index contributed by atoms with van der Waals surface area (Å²) in [5.74, 6) is -0.0585. The third kappa shape index (κ3) is 4.86. The summed E-state index contributed by atoms with van der Waals surface area (Å²) in [6, 6.07) is 24.1. The second-order valence-corrected chi connectivity index (χ2v) is 6.66. The van der Waals surface area contributed by atoms with E-state index in [1.165, 1.54) is 0 Å². The highest BCUT2D eigenvalue weighted by molar-refractivity contribution is 5.93. The van der Waals surface area contributed by atoms with Crippen LogP contribution in [0.2, 0.25) is 0 Å². The maximum atomic E-state index is 12.4. The lowest BCUT2D eigenvalue weighted by molar-refractivity contribution is -0.119. The minimum Gasteiger partial charge on any atom is -0.423 e. The van der Waals surface area contributed by atoms with Crippen LogP contribution in [0.15, 0.2) is 78.9 Å². The van der Waals surface area contributed by atoms with Crippen LogP contribution < -0.4 is 10.1 Å². The lowest BCUT2D eigenvalue weighted by Crippen LogP contribution is -2.19. The van der Waals surface area contributed by atoms with Gasteiger partial charge in [0.05, 0.1) is 5.56 Å². The number of carbonyl (C=O) groups is 2. The molecule has 3 rings (SSSR count). The summed E-state index contributed by atoms with van der Waals surface area (Å²) in [7, 11) is 0. The Balaban J connectivity index is 1.62. The molecule has 0 aliphatic rings. The summed E-state index contributed by atoms with van der Waals surface area (Å²) in [5.41, 5.74) is 3.29. The highest BCUT2D eigenvalue weighted by atomic mass is 16.5. The quantitative estimate of drug-likeness (QED) is 0.455. The van der Waals surface area contributed by atoms with E-state index in [-0.39, 0.29) is 11.8 Å². The summed E-state index contributed by atoms with van der Waals surface area (Å²) in [6.07, 6.45) is 0.782. The molecule has 0 aliphatic heterocycles. The summed E-state index contributed by atoms with van der Waals surface area (Å²) in [6.45, 7) is 3.85. The van der Waals surface area contributed by atoms with Gasteiger partial charge < -0.3 is 10.1 Å². The van der Waals surface area contributed by atoms with Crippen molar-refractivity contribution >= 4 is 17.6 Å². The van der Waals surface area contributed by atoms with Gasteiger partial charge in [0, 0.05) is 11.6 Å². The Bertz CT molecular complexity index is 932. The van der Waals surface area contributed by atoms with Crippen LogP contribution in [0.4, 0.5) is 5.69 Å². The molecule has 0 aromatic heterocycles. The van der Waals surface area contributed by atoms with Crippen LogP contribution in [0.3, 0.4) is 0 Å². The monoisotopic (exact) mass is 373 g/mol. The van der Waals surface area contributed by atoms with E-state index in [4.69, 9.17) is 4.74 Å². The van der Waals surface area contributed by atoms with Gasteiger partial charge in [-0.3, -0.25) is 4.79 Å². The molecule has 4 heteroatoms. The van der Waals surface area contributed by atoms with Crippen molar-refractivity contribution in [3.63, 3.8) is 0 Å². The number of rotatable bonds is 6. The zero-order valence-electron chi connectivity index (χ0n) is 16.0. The second-order valence-electron chi connectivity index (χ2n) is 6.66. The van der Waals surface area contributed by atoms with Gasteiger partial charge in [0.25, 0.3) is 0 Å². The number of esters is 1. The van der Waals surface area contributed by atoms with Crippen molar-refractivity contribution in [1.82, 2.24) is 0 Å². The second kappa shape index (κ2) is 9.00. The van der Waals surface area contributed by atoms with Gasteiger partial charge in [-0.05, 0) is 53.9 Å². The molecule has 28 heavy (non-hydrogen) atoms. The van der Waals surface area contributed by atoms with E-state index >= 15 is 0 Å². The molecule has 1 unspecified atom stereocenters. The molecule has 0 fully saturated rings. The van der Waals surface area contributed by atoms with Gasteiger partial charge in [0.1, 0.15) is 5.75 Å². The van der Waals surface area contributed by atoms with Gasteiger partial charge in [-0.15, -0.1) is 0 Å². The molecule has 1 amide bonds. The number of amides is 1. The highest BCUT2D eigenvalue weighted by Gasteiger charge is 2.12. The SMILES string of the molecule is CCC(C)C(=O)Nc1ccc(OC(=O)c2ccc(-c3ccccc3)cc2)cc1. The van der Waals surface area contributed by atoms with Gasteiger partial charge in [0.15, 0.2) is 0 Å². The molecule has 1 atom stereocenters. The Labute approximate surface area is 165 Å². The van der Waals surface area contributed by atoms with Crippen LogP contribution in [0.25, 0.3) is 11.1 Å². The molecule has 0 saturated heterocycles. The summed E-state index contributed by atoms with van der Waals surface area (Å²) < 4.78 is 5.42. The molecule has 4 nitrogen and oxygen atoms in total. The maximum absolute atomic E-state index is 12.4. The maximum Gasteiger partial charge on any atom is 0.343 e. The number of hydrogen-bond acceptors (Lipinski definition) is 3. The smallest absolute Gasteiger partial charge is 0.343 e. The van der Waals surface area contributed by atoms with E-state index in [2.05, 4.69) is 5.32 Å². The first kappa shape index (κ1) is 19.4. The van der Waals surface area contributed by atoms with Crippen LogP contribution in [-0.2, 0) is 4.79 Å². The molecule has 3 aromatic rings. The third-order valence-electron chi connectivity index (χ3n) is 4.62. The molecule has 1 N–H and O–H groups in total. The van der Waals surface area contributed by atoms with Crippen molar-refractivity contribution in [3.05, 3.63) is 84.4 Å². The van der Waals surface area contributed by atoms with Crippen LogP contribution in [0.1, 0.15) is 30.6 Å². The Morgan fingerprint density at radius 1 is 0.857 bits per heavy atom. The van der Waals surface area contributed by atoms with Crippen molar-refractivity contribution in [3.8, 4) is 16.9 Å². The number of benzene rings is 3. The topological polar surface area (TPSA) is 55.4 Å². The number of carbonyl (C=O) groups excluding carboxylic acids is 2. The molecule has 0 aliphatic carbocycles. The van der Waals surface area contributed by atoms with E-state index < -0.39 is 5.97 Å². The fourth-order valence-electron chi connectivity index (χ4n) is 2.65. The molecule has 0 saturated carbocycles. The Kier molecular flexibility index (Phi) is 6.22. The first-order valence-corrected chi connectivity index (χ1v) is 9.35. The Hall–Kier alpha value is -3.40. The van der Waals surface area contributed by atoms with Crippen molar-refractivity contribution < 1.29 is 14.3 Å². The average molecular weight is 373 g/mol. The zero-order valence-corrected chi connectivity index (χ0v) is 16.0. The normalized spacial score (nSPS) is 11.5. The van der Waals surface area contributed by atoms with Crippen LogP contribution >= 0.6 is 0 Å². The standard InChI is InChI=1S/C24H23NO3/c1-3-17(2)23(26)25-21-13-15-22(16-14-21)28-24(27)20-11-9-19(10-12-20)18-7-5-4-6-8-18/h4-17H,3H2,1-2H3,(H,25,26). The van der Waals surface area contributed by atoms with Gasteiger partial charge in [0.2, 0.25) is 5.91 Å². The van der Waals surface area contributed by atoms with Crippen molar-refractivity contribution in [2.24, 2.45) is 5.92 Å². The van der Waals surface area contributed by atoms with E-state index in [1.54, 1.807) is 36.4 Å². The van der Waals surface area contributed by atoms with Crippen LogP contribution in [-0.4, -0.2) is 11.9 Å².